The maximum absolute atomic E-state index is 13.7. The van der Waals surface area contributed by atoms with Gasteiger partial charge >= 0.3 is 0 Å². The van der Waals surface area contributed by atoms with Crippen molar-refractivity contribution in [3.8, 4) is 11.5 Å². The van der Waals surface area contributed by atoms with Gasteiger partial charge in [0.25, 0.3) is 5.89 Å². The van der Waals surface area contributed by atoms with Crippen LogP contribution in [-0.2, 0) is 17.6 Å². The Balaban J connectivity index is 1.45. The van der Waals surface area contributed by atoms with E-state index >= 15 is 0 Å². The number of aryl methyl sites for hydroxylation is 1. The summed E-state index contributed by atoms with van der Waals surface area (Å²) < 4.78 is 31.9. The van der Waals surface area contributed by atoms with Crippen molar-refractivity contribution in [2.75, 3.05) is 6.54 Å². The molecule has 3 aromatic rings. The standard InChI is InChI=1S/C19H17F2N3O2/c20-14-7-5-13(6-8-14)11-12-22-17(25)9-10-18-23-24-19(26-18)15-3-1-2-4-16(15)21/h1-8H,9-12H2,(H,22,25). The zero-order chi connectivity index (χ0) is 18.4. The van der Waals surface area contributed by atoms with Crippen molar-refractivity contribution in [3.63, 3.8) is 0 Å². The van der Waals surface area contributed by atoms with Crippen LogP contribution in [0, 0.1) is 11.6 Å². The number of aromatic nitrogens is 2. The van der Waals surface area contributed by atoms with Crippen LogP contribution in [0.25, 0.3) is 11.5 Å². The summed E-state index contributed by atoms with van der Waals surface area (Å²) in [4.78, 5) is 11.9. The summed E-state index contributed by atoms with van der Waals surface area (Å²) in [6.45, 7) is 0.453. The first kappa shape index (κ1) is 17.7. The number of hydrogen-bond donors (Lipinski definition) is 1. The predicted molar refractivity (Wildman–Crippen MR) is 91.1 cm³/mol. The van der Waals surface area contributed by atoms with Crippen molar-refractivity contribution >= 4 is 5.91 Å². The molecule has 1 heterocycles. The molecular formula is C19H17F2N3O2. The Morgan fingerprint density at radius 3 is 2.54 bits per heavy atom. The highest BCUT2D eigenvalue weighted by molar-refractivity contribution is 5.76. The quantitative estimate of drug-likeness (QED) is 0.704. The molecule has 3 rings (SSSR count). The van der Waals surface area contributed by atoms with Crippen LogP contribution in [0.5, 0.6) is 0 Å². The van der Waals surface area contributed by atoms with Crippen molar-refractivity contribution in [3.05, 3.63) is 71.6 Å². The minimum atomic E-state index is -0.443. The fourth-order valence-corrected chi connectivity index (χ4v) is 2.40. The number of nitrogens with one attached hydrogen (secondary N) is 1. The Kier molecular flexibility index (Phi) is 5.68. The van der Waals surface area contributed by atoms with Gasteiger partial charge < -0.3 is 9.73 Å². The number of halogens is 2. The van der Waals surface area contributed by atoms with Crippen molar-refractivity contribution in [1.82, 2.24) is 15.5 Å². The fraction of sp³-hybridized carbons (Fsp3) is 0.211. The van der Waals surface area contributed by atoms with Crippen LogP contribution < -0.4 is 5.32 Å². The van der Waals surface area contributed by atoms with E-state index in [4.69, 9.17) is 4.42 Å². The van der Waals surface area contributed by atoms with Gasteiger partial charge in [-0.3, -0.25) is 4.79 Å². The molecule has 0 aliphatic heterocycles. The summed E-state index contributed by atoms with van der Waals surface area (Å²) in [6, 6.07) is 12.3. The first-order valence-electron chi connectivity index (χ1n) is 8.20. The SMILES string of the molecule is O=C(CCc1nnc(-c2ccccc2F)o1)NCCc1ccc(F)cc1. The van der Waals surface area contributed by atoms with Crippen LogP contribution in [-0.4, -0.2) is 22.6 Å². The molecule has 0 saturated carbocycles. The lowest BCUT2D eigenvalue weighted by Gasteiger charge is -2.04. The second-order valence-corrected chi connectivity index (χ2v) is 5.71. The first-order valence-corrected chi connectivity index (χ1v) is 8.20. The summed E-state index contributed by atoms with van der Waals surface area (Å²) in [5, 5.41) is 10.4. The average molecular weight is 357 g/mol. The lowest BCUT2D eigenvalue weighted by molar-refractivity contribution is -0.121. The van der Waals surface area contributed by atoms with Crippen molar-refractivity contribution in [2.24, 2.45) is 0 Å². The number of rotatable bonds is 7. The van der Waals surface area contributed by atoms with Gasteiger partial charge in [-0.2, -0.15) is 0 Å². The summed E-state index contributed by atoms with van der Waals surface area (Å²) in [7, 11) is 0. The zero-order valence-electron chi connectivity index (χ0n) is 13.9. The lowest BCUT2D eigenvalue weighted by atomic mass is 10.1. The van der Waals surface area contributed by atoms with Crippen LogP contribution in [0.4, 0.5) is 8.78 Å². The van der Waals surface area contributed by atoms with Crippen molar-refractivity contribution in [2.45, 2.75) is 19.3 Å². The predicted octanol–water partition coefficient (Wildman–Crippen LogP) is 3.31. The van der Waals surface area contributed by atoms with Gasteiger partial charge in [-0.1, -0.05) is 24.3 Å². The normalized spacial score (nSPS) is 10.7. The van der Waals surface area contributed by atoms with Gasteiger partial charge in [0, 0.05) is 19.4 Å². The molecule has 0 unspecified atom stereocenters. The highest BCUT2D eigenvalue weighted by atomic mass is 19.1. The molecule has 0 radical (unpaired) electrons. The van der Waals surface area contributed by atoms with Crippen LogP contribution in [0.15, 0.2) is 52.9 Å². The molecule has 134 valence electrons. The molecule has 2 aromatic carbocycles. The third-order valence-corrected chi connectivity index (χ3v) is 3.79. The molecule has 0 bridgehead atoms. The van der Waals surface area contributed by atoms with E-state index in [1.165, 1.54) is 18.2 Å². The smallest absolute Gasteiger partial charge is 0.250 e. The van der Waals surface area contributed by atoms with Gasteiger partial charge in [-0.25, -0.2) is 8.78 Å². The van der Waals surface area contributed by atoms with Gasteiger partial charge in [-0.05, 0) is 36.2 Å². The average Bonchev–Trinajstić information content (AvgIpc) is 3.11. The van der Waals surface area contributed by atoms with Gasteiger partial charge in [0.15, 0.2) is 0 Å². The molecule has 0 aliphatic rings. The van der Waals surface area contributed by atoms with E-state index in [0.29, 0.717) is 13.0 Å². The third-order valence-electron chi connectivity index (χ3n) is 3.79. The maximum atomic E-state index is 13.7. The molecule has 7 heteroatoms. The highest BCUT2D eigenvalue weighted by Crippen LogP contribution is 2.21. The zero-order valence-corrected chi connectivity index (χ0v) is 13.9. The monoisotopic (exact) mass is 357 g/mol. The van der Waals surface area contributed by atoms with E-state index in [9.17, 15) is 13.6 Å². The second-order valence-electron chi connectivity index (χ2n) is 5.71. The maximum Gasteiger partial charge on any atom is 0.250 e. The summed E-state index contributed by atoms with van der Waals surface area (Å²) >= 11 is 0. The summed E-state index contributed by atoms with van der Waals surface area (Å²) in [5.74, 6) is -0.516. The van der Waals surface area contributed by atoms with Crippen LogP contribution in [0.2, 0.25) is 0 Å². The van der Waals surface area contributed by atoms with E-state index in [1.807, 2.05) is 0 Å². The highest BCUT2D eigenvalue weighted by Gasteiger charge is 2.13. The Hall–Kier alpha value is -3.09. The summed E-state index contributed by atoms with van der Waals surface area (Å²) in [6.07, 6.45) is 1.07. The number of carbonyl (C=O) groups is 1. The molecule has 0 spiro atoms. The van der Waals surface area contributed by atoms with E-state index in [2.05, 4.69) is 15.5 Å². The summed E-state index contributed by atoms with van der Waals surface area (Å²) in [5.41, 5.74) is 1.17. The fourth-order valence-electron chi connectivity index (χ4n) is 2.40. The Labute approximate surface area is 149 Å². The molecule has 0 atom stereocenters. The minimum absolute atomic E-state index is 0.0924. The largest absolute Gasteiger partial charge is 0.421 e. The number of benzene rings is 2. The van der Waals surface area contributed by atoms with Gasteiger partial charge in [0.2, 0.25) is 11.8 Å². The van der Waals surface area contributed by atoms with E-state index in [0.717, 1.165) is 5.56 Å². The topological polar surface area (TPSA) is 68.0 Å². The molecule has 0 aliphatic carbocycles. The molecule has 1 N–H and O–H groups in total. The molecule has 1 aromatic heterocycles. The van der Waals surface area contributed by atoms with Crippen LogP contribution in [0.3, 0.4) is 0 Å². The Bertz CT molecular complexity index is 879. The molecule has 26 heavy (non-hydrogen) atoms. The number of hydrogen-bond acceptors (Lipinski definition) is 4. The van der Waals surface area contributed by atoms with E-state index in [-0.39, 0.29) is 41.9 Å². The van der Waals surface area contributed by atoms with E-state index < -0.39 is 5.82 Å². The molecule has 0 saturated heterocycles. The van der Waals surface area contributed by atoms with Gasteiger partial charge in [0.05, 0.1) is 5.56 Å². The Morgan fingerprint density at radius 2 is 1.77 bits per heavy atom. The van der Waals surface area contributed by atoms with Gasteiger partial charge in [0.1, 0.15) is 11.6 Å². The lowest BCUT2D eigenvalue weighted by Crippen LogP contribution is -2.25. The number of nitrogens with zero attached hydrogens (tertiary/aromatic N) is 2. The van der Waals surface area contributed by atoms with Crippen LogP contribution in [0.1, 0.15) is 17.9 Å². The third kappa shape index (κ3) is 4.72. The minimum Gasteiger partial charge on any atom is -0.421 e. The molecule has 0 fully saturated rings. The number of carbonyl (C=O) groups excluding carboxylic acids is 1. The molecule has 1 amide bonds. The van der Waals surface area contributed by atoms with E-state index in [1.54, 1.807) is 30.3 Å². The first-order chi connectivity index (χ1) is 12.6. The van der Waals surface area contributed by atoms with Crippen molar-refractivity contribution in [1.29, 1.82) is 0 Å². The Morgan fingerprint density at radius 1 is 1.00 bits per heavy atom. The van der Waals surface area contributed by atoms with Gasteiger partial charge in [-0.15, -0.1) is 10.2 Å². The number of amides is 1. The molecular weight excluding hydrogens is 340 g/mol. The molecule has 5 nitrogen and oxygen atoms in total. The van der Waals surface area contributed by atoms with Crippen LogP contribution >= 0.6 is 0 Å². The van der Waals surface area contributed by atoms with Crippen molar-refractivity contribution < 1.29 is 18.0 Å². The second kappa shape index (κ2) is 8.33.